The average Bonchev–Trinajstić information content (AvgIpc) is 2.77. The van der Waals surface area contributed by atoms with Crippen molar-refractivity contribution in [1.82, 2.24) is 4.76 Å². The quantitative estimate of drug-likeness (QED) is 0.660. The summed E-state index contributed by atoms with van der Waals surface area (Å²) < 4.78 is -0.0922. The van der Waals surface area contributed by atoms with Crippen LogP contribution < -0.4 is 10.6 Å². The minimum absolute atomic E-state index is 0.0922. The van der Waals surface area contributed by atoms with E-state index < -0.39 is 0 Å². The van der Waals surface area contributed by atoms with Gasteiger partial charge in [0.1, 0.15) is 6.61 Å². The van der Waals surface area contributed by atoms with Crippen LogP contribution in [-0.2, 0) is 11.4 Å². The molecular formula is C15H15N2O+. The second-order valence-corrected chi connectivity index (χ2v) is 4.34. The molecule has 0 fully saturated rings. The van der Waals surface area contributed by atoms with Crippen LogP contribution in [0.5, 0.6) is 0 Å². The van der Waals surface area contributed by atoms with Crippen molar-refractivity contribution in [3.05, 3.63) is 71.9 Å². The van der Waals surface area contributed by atoms with Crippen LogP contribution in [0.2, 0.25) is 0 Å². The summed E-state index contributed by atoms with van der Waals surface area (Å²) in [5.74, 6) is 6.25. The van der Waals surface area contributed by atoms with Gasteiger partial charge in [0.15, 0.2) is 11.9 Å². The number of nitrogens with two attached hydrogens (primary N) is 1. The zero-order valence-corrected chi connectivity index (χ0v) is 9.99. The number of rotatable bonds is 3. The molecule has 18 heavy (non-hydrogen) atoms. The van der Waals surface area contributed by atoms with Crippen LogP contribution in [-0.4, -0.2) is 0 Å². The molecule has 1 aliphatic heterocycles. The fraction of sp³-hybridized carbons (Fsp3) is 0.0667. The summed E-state index contributed by atoms with van der Waals surface area (Å²) in [7, 11) is 0. The van der Waals surface area contributed by atoms with Gasteiger partial charge in [-0.15, -0.1) is 5.84 Å². The van der Waals surface area contributed by atoms with Crippen LogP contribution in [0.3, 0.4) is 0 Å². The fourth-order valence-electron chi connectivity index (χ4n) is 2.09. The van der Waals surface area contributed by atoms with Crippen molar-refractivity contribution in [3.63, 3.8) is 0 Å². The zero-order chi connectivity index (χ0) is 12.4. The molecule has 0 bridgehead atoms. The largest absolute Gasteiger partial charge is 0.197 e. The first-order valence-corrected chi connectivity index (χ1v) is 5.92. The molecule has 3 heteroatoms. The average molecular weight is 239 g/mol. The number of hydrogen-bond acceptors (Lipinski definition) is 2. The SMILES string of the molecule is N[N+]1(OCc2ccccc2)C=Cc2ccccc21. The summed E-state index contributed by atoms with van der Waals surface area (Å²) in [4.78, 5) is 5.83. The van der Waals surface area contributed by atoms with E-state index in [0.29, 0.717) is 6.61 Å². The predicted molar refractivity (Wildman–Crippen MR) is 72.7 cm³/mol. The molecule has 3 nitrogen and oxygen atoms in total. The van der Waals surface area contributed by atoms with Crippen molar-refractivity contribution in [1.29, 1.82) is 0 Å². The van der Waals surface area contributed by atoms with Crippen molar-refractivity contribution in [2.45, 2.75) is 6.61 Å². The van der Waals surface area contributed by atoms with Crippen LogP contribution in [0.25, 0.3) is 6.08 Å². The van der Waals surface area contributed by atoms with Gasteiger partial charge in [-0.2, -0.15) is 4.84 Å². The van der Waals surface area contributed by atoms with Gasteiger partial charge in [0.2, 0.25) is 0 Å². The Morgan fingerprint density at radius 1 is 0.944 bits per heavy atom. The monoisotopic (exact) mass is 239 g/mol. The summed E-state index contributed by atoms with van der Waals surface area (Å²) in [5, 5.41) is 0. The lowest BCUT2D eigenvalue weighted by atomic mass is 10.2. The highest BCUT2D eigenvalue weighted by molar-refractivity contribution is 5.71. The Bertz CT molecular complexity index is 580. The van der Waals surface area contributed by atoms with E-state index in [-0.39, 0.29) is 4.76 Å². The minimum Gasteiger partial charge on any atom is -0.167 e. The summed E-state index contributed by atoms with van der Waals surface area (Å²) >= 11 is 0. The van der Waals surface area contributed by atoms with Crippen molar-refractivity contribution >= 4 is 11.8 Å². The smallest absolute Gasteiger partial charge is 0.167 e. The third-order valence-corrected chi connectivity index (χ3v) is 3.08. The van der Waals surface area contributed by atoms with Gasteiger partial charge >= 0.3 is 0 Å². The maximum Gasteiger partial charge on any atom is 0.197 e. The molecule has 0 spiro atoms. The fourth-order valence-corrected chi connectivity index (χ4v) is 2.09. The van der Waals surface area contributed by atoms with Crippen LogP contribution in [0.1, 0.15) is 11.1 Å². The third-order valence-electron chi connectivity index (χ3n) is 3.08. The van der Waals surface area contributed by atoms with Gasteiger partial charge in [0.25, 0.3) is 0 Å². The molecule has 2 aromatic carbocycles. The molecule has 0 aliphatic carbocycles. The molecule has 3 rings (SSSR count). The standard InChI is InChI=1S/C15H15N2O/c16-17(18-12-13-6-2-1-3-7-13)11-10-14-8-4-5-9-15(14)17/h1-11H,12,16H2/q+1. The lowest BCUT2D eigenvalue weighted by molar-refractivity contribution is -0.122. The van der Waals surface area contributed by atoms with Gasteiger partial charge in [-0.25, -0.2) is 0 Å². The lowest BCUT2D eigenvalue weighted by Crippen LogP contribution is -2.49. The van der Waals surface area contributed by atoms with Crippen LogP contribution in [0.4, 0.5) is 5.69 Å². The Balaban J connectivity index is 1.80. The molecule has 1 unspecified atom stereocenters. The molecule has 0 radical (unpaired) electrons. The van der Waals surface area contributed by atoms with Crippen LogP contribution in [0, 0.1) is 0 Å². The van der Waals surface area contributed by atoms with Crippen molar-refractivity contribution in [2.24, 2.45) is 5.84 Å². The molecule has 2 N–H and O–H groups in total. The Hall–Kier alpha value is -1.94. The Kier molecular flexibility index (Phi) is 2.72. The number of benzene rings is 2. The number of hydroxylamine groups is 1. The van der Waals surface area contributed by atoms with E-state index in [1.807, 2.05) is 66.9 Å². The van der Waals surface area contributed by atoms with E-state index in [1.165, 1.54) is 0 Å². The van der Waals surface area contributed by atoms with E-state index >= 15 is 0 Å². The van der Waals surface area contributed by atoms with E-state index in [4.69, 9.17) is 10.7 Å². The second kappa shape index (κ2) is 4.38. The molecular weight excluding hydrogens is 224 g/mol. The molecule has 2 aromatic rings. The van der Waals surface area contributed by atoms with Gasteiger partial charge in [-0.05, 0) is 16.4 Å². The molecule has 0 amide bonds. The number of quaternary nitrogens is 1. The summed E-state index contributed by atoms with van der Waals surface area (Å²) in [5.41, 5.74) is 3.18. The topological polar surface area (TPSA) is 35.2 Å². The Morgan fingerprint density at radius 2 is 1.67 bits per heavy atom. The zero-order valence-electron chi connectivity index (χ0n) is 9.99. The lowest BCUT2D eigenvalue weighted by Gasteiger charge is -2.22. The van der Waals surface area contributed by atoms with E-state index in [2.05, 4.69) is 0 Å². The van der Waals surface area contributed by atoms with E-state index in [9.17, 15) is 0 Å². The summed E-state index contributed by atoms with van der Waals surface area (Å²) in [6.07, 6.45) is 3.84. The number of fused-ring (bicyclic) bond motifs is 1. The molecule has 0 aromatic heterocycles. The molecule has 0 saturated heterocycles. The highest BCUT2D eigenvalue weighted by Crippen LogP contribution is 2.32. The van der Waals surface area contributed by atoms with Gasteiger partial charge in [-0.3, -0.25) is 0 Å². The van der Waals surface area contributed by atoms with Crippen molar-refractivity contribution in [2.75, 3.05) is 0 Å². The van der Waals surface area contributed by atoms with Gasteiger partial charge in [0.05, 0.1) is 0 Å². The van der Waals surface area contributed by atoms with Crippen LogP contribution >= 0.6 is 0 Å². The van der Waals surface area contributed by atoms with Gasteiger partial charge in [0, 0.05) is 17.7 Å². The number of hydrogen-bond donors (Lipinski definition) is 1. The maximum atomic E-state index is 6.25. The van der Waals surface area contributed by atoms with E-state index in [0.717, 1.165) is 16.8 Å². The molecule has 1 aliphatic rings. The highest BCUT2D eigenvalue weighted by atomic mass is 16.7. The van der Waals surface area contributed by atoms with Gasteiger partial charge in [-0.1, -0.05) is 42.5 Å². The third kappa shape index (κ3) is 1.95. The molecule has 1 heterocycles. The maximum absolute atomic E-state index is 6.25. The summed E-state index contributed by atoms with van der Waals surface area (Å²) in [6, 6.07) is 18.0. The van der Waals surface area contributed by atoms with Crippen LogP contribution in [0.15, 0.2) is 60.8 Å². The van der Waals surface area contributed by atoms with Crippen molar-refractivity contribution in [3.8, 4) is 0 Å². The molecule has 0 saturated carbocycles. The first-order valence-electron chi connectivity index (χ1n) is 5.92. The first-order chi connectivity index (χ1) is 8.78. The second-order valence-electron chi connectivity index (χ2n) is 4.34. The highest BCUT2D eigenvalue weighted by Gasteiger charge is 2.33. The summed E-state index contributed by atoms with van der Waals surface area (Å²) in [6.45, 7) is 0.482. The van der Waals surface area contributed by atoms with Gasteiger partial charge < -0.3 is 0 Å². The number of nitrogens with zero attached hydrogens (tertiary/aromatic N) is 1. The first kappa shape index (κ1) is 11.2. The number of para-hydroxylation sites is 1. The Morgan fingerprint density at radius 3 is 2.50 bits per heavy atom. The van der Waals surface area contributed by atoms with Crippen molar-refractivity contribution < 1.29 is 4.84 Å². The molecule has 1 atom stereocenters. The normalized spacial score (nSPS) is 20.9. The predicted octanol–water partition coefficient (Wildman–Crippen LogP) is 2.98. The van der Waals surface area contributed by atoms with E-state index in [1.54, 1.807) is 0 Å². The minimum atomic E-state index is -0.0922. The molecule has 90 valence electrons. The Labute approximate surface area is 106 Å².